The number of carboxylic acid groups (broad SMARTS) is 1. The molecule has 6 nitrogen and oxygen atoms in total. The molecule has 1 heterocycles. The standard InChI is InChI=1S/C9H14N2O4S/c12-2-4-15-3-1-10-9-11-7(6-16-9)5-8(13)14/h6,12H,1-5H2,(H,10,11)(H,13,14). The highest BCUT2D eigenvalue weighted by Gasteiger charge is 2.05. The molecule has 1 aromatic heterocycles. The first kappa shape index (κ1) is 12.9. The molecular weight excluding hydrogens is 232 g/mol. The van der Waals surface area contributed by atoms with Crippen molar-refractivity contribution in [2.24, 2.45) is 0 Å². The van der Waals surface area contributed by atoms with Crippen molar-refractivity contribution in [1.82, 2.24) is 4.98 Å². The van der Waals surface area contributed by atoms with Gasteiger partial charge < -0.3 is 20.3 Å². The van der Waals surface area contributed by atoms with Gasteiger partial charge in [-0.05, 0) is 0 Å². The van der Waals surface area contributed by atoms with E-state index in [1.54, 1.807) is 5.38 Å². The normalized spacial score (nSPS) is 10.3. The molecule has 0 aliphatic heterocycles. The topological polar surface area (TPSA) is 91.7 Å². The minimum atomic E-state index is -0.886. The zero-order valence-electron chi connectivity index (χ0n) is 8.68. The zero-order valence-corrected chi connectivity index (χ0v) is 9.50. The van der Waals surface area contributed by atoms with Crippen LogP contribution in [0.5, 0.6) is 0 Å². The highest BCUT2D eigenvalue weighted by atomic mass is 32.1. The first-order valence-electron chi connectivity index (χ1n) is 4.81. The number of ether oxygens (including phenoxy) is 1. The van der Waals surface area contributed by atoms with Crippen LogP contribution in [-0.4, -0.2) is 47.5 Å². The van der Waals surface area contributed by atoms with Crippen molar-refractivity contribution < 1.29 is 19.7 Å². The van der Waals surface area contributed by atoms with Crippen molar-refractivity contribution in [3.8, 4) is 0 Å². The summed E-state index contributed by atoms with van der Waals surface area (Å²) >= 11 is 1.36. The van der Waals surface area contributed by atoms with Crippen LogP contribution in [0.4, 0.5) is 5.13 Å². The lowest BCUT2D eigenvalue weighted by Gasteiger charge is -2.02. The quantitative estimate of drug-likeness (QED) is 0.567. The summed E-state index contributed by atoms with van der Waals surface area (Å²) in [7, 11) is 0. The average molecular weight is 246 g/mol. The molecule has 0 saturated carbocycles. The summed E-state index contributed by atoms with van der Waals surface area (Å²) in [6, 6.07) is 0. The van der Waals surface area contributed by atoms with Gasteiger partial charge in [0.05, 0.1) is 31.9 Å². The Morgan fingerprint density at radius 3 is 3.06 bits per heavy atom. The first-order valence-corrected chi connectivity index (χ1v) is 5.69. The van der Waals surface area contributed by atoms with Gasteiger partial charge in [0.25, 0.3) is 0 Å². The zero-order chi connectivity index (χ0) is 11.8. The van der Waals surface area contributed by atoms with Gasteiger partial charge in [0.1, 0.15) is 0 Å². The molecule has 0 amide bonds. The molecule has 0 aliphatic rings. The van der Waals surface area contributed by atoms with Gasteiger partial charge in [0, 0.05) is 11.9 Å². The van der Waals surface area contributed by atoms with E-state index in [0.717, 1.165) is 0 Å². The minimum Gasteiger partial charge on any atom is -0.481 e. The predicted octanol–water partition coefficient (Wildman–Crippen LogP) is 0.191. The van der Waals surface area contributed by atoms with Crippen LogP contribution in [0.2, 0.25) is 0 Å². The Labute approximate surface area is 96.9 Å². The molecular formula is C9H14N2O4S. The smallest absolute Gasteiger partial charge is 0.309 e. The highest BCUT2D eigenvalue weighted by molar-refractivity contribution is 7.13. The second kappa shape index (κ2) is 7.15. The van der Waals surface area contributed by atoms with E-state index in [1.807, 2.05) is 0 Å². The molecule has 0 aromatic carbocycles. The third-order valence-electron chi connectivity index (χ3n) is 1.64. The Morgan fingerprint density at radius 1 is 1.56 bits per heavy atom. The maximum atomic E-state index is 10.4. The molecule has 0 bridgehead atoms. The third-order valence-corrected chi connectivity index (χ3v) is 2.49. The van der Waals surface area contributed by atoms with Crippen LogP contribution in [0, 0.1) is 0 Å². The number of anilines is 1. The number of aliphatic hydroxyl groups is 1. The van der Waals surface area contributed by atoms with Gasteiger partial charge in [-0.1, -0.05) is 0 Å². The number of carbonyl (C=O) groups is 1. The molecule has 16 heavy (non-hydrogen) atoms. The second-order valence-electron chi connectivity index (χ2n) is 2.98. The number of nitrogens with one attached hydrogen (secondary N) is 1. The van der Waals surface area contributed by atoms with Crippen molar-refractivity contribution in [3.63, 3.8) is 0 Å². The Morgan fingerprint density at radius 2 is 2.38 bits per heavy atom. The molecule has 0 spiro atoms. The van der Waals surface area contributed by atoms with E-state index in [0.29, 0.717) is 30.6 Å². The van der Waals surface area contributed by atoms with Gasteiger partial charge in [0.15, 0.2) is 5.13 Å². The van der Waals surface area contributed by atoms with Crippen molar-refractivity contribution in [1.29, 1.82) is 0 Å². The van der Waals surface area contributed by atoms with E-state index >= 15 is 0 Å². The van der Waals surface area contributed by atoms with Crippen molar-refractivity contribution in [2.45, 2.75) is 6.42 Å². The van der Waals surface area contributed by atoms with Crippen molar-refractivity contribution >= 4 is 22.4 Å². The van der Waals surface area contributed by atoms with Gasteiger partial charge >= 0.3 is 5.97 Å². The third kappa shape index (κ3) is 5.06. The van der Waals surface area contributed by atoms with Gasteiger partial charge in [-0.2, -0.15) is 0 Å². The first-order chi connectivity index (χ1) is 7.72. The molecule has 0 unspecified atom stereocenters. The molecule has 90 valence electrons. The Kier molecular flexibility index (Phi) is 5.76. The average Bonchev–Trinajstić information content (AvgIpc) is 2.64. The molecule has 0 aliphatic carbocycles. The maximum Gasteiger partial charge on any atom is 0.309 e. The van der Waals surface area contributed by atoms with Crippen LogP contribution in [0.1, 0.15) is 5.69 Å². The maximum absolute atomic E-state index is 10.4. The molecule has 1 rings (SSSR count). The lowest BCUT2D eigenvalue weighted by Crippen LogP contribution is -2.11. The molecule has 0 fully saturated rings. The molecule has 0 atom stereocenters. The molecule has 0 radical (unpaired) electrons. The summed E-state index contributed by atoms with van der Waals surface area (Å²) in [6.07, 6.45) is -0.0564. The van der Waals surface area contributed by atoms with E-state index < -0.39 is 5.97 Å². The summed E-state index contributed by atoms with van der Waals surface area (Å²) < 4.78 is 5.05. The number of thiazole rings is 1. The van der Waals surface area contributed by atoms with Crippen LogP contribution < -0.4 is 5.32 Å². The van der Waals surface area contributed by atoms with Crippen LogP contribution in [0.25, 0.3) is 0 Å². The van der Waals surface area contributed by atoms with E-state index in [1.165, 1.54) is 11.3 Å². The molecule has 3 N–H and O–H groups in total. The van der Waals surface area contributed by atoms with Gasteiger partial charge in [-0.3, -0.25) is 4.79 Å². The molecule has 0 saturated heterocycles. The van der Waals surface area contributed by atoms with Crippen LogP contribution >= 0.6 is 11.3 Å². The Bertz CT molecular complexity index is 329. The highest BCUT2D eigenvalue weighted by Crippen LogP contribution is 2.15. The minimum absolute atomic E-state index is 0.0139. The summed E-state index contributed by atoms with van der Waals surface area (Å²) in [5.74, 6) is -0.886. The number of rotatable bonds is 8. The number of aromatic nitrogens is 1. The Balaban J connectivity index is 2.21. The van der Waals surface area contributed by atoms with Crippen LogP contribution in [-0.2, 0) is 16.0 Å². The fraction of sp³-hybridized carbons (Fsp3) is 0.556. The van der Waals surface area contributed by atoms with Crippen molar-refractivity contribution in [3.05, 3.63) is 11.1 Å². The largest absolute Gasteiger partial charge is 0.481 e. The molecule has 1 aromatic rings. The van der Waals surface area contributed by atoms with Gasteiger partial charge in [-0.25, -0.2) is 4.98 Å². The number of hydrogen-bond donors (Lipinski definition) is 3. The lowest BCUT2D eigenvalue weighted by atomic mass is 10.3. The Hall–Kier alpha value is -1.18. The second-order valence-corrected chi connectivity index (χ2v) is 3.84. The number of hydrogen-bond acceptors (Lipinski definition) is 6. The van der Waals surface area contributed by atoms with Crippen molar-refractivity contribution in [2.75, 3.05) is 31.7 Å². The molecule has 7 heteroatoms. The van der Waals surface area contributed by atoms with E-state index in [2.05, 4.69) is 10.3 Å². The van der Waals surface area contributed by atoms with Crippen LogP contribution in [0.15, 0.2) is 5.38 Å². The van der Waals surface area contributed by atoms with E-state index in [9.17, 15) is 4.79 Å². The number of aliphatic hydroxyl groups excluding tert-OH is 1. The number of aliphatic carboxylic acids is 1. The fourth-order valence-electron chi connectivity index (χ4n) is 1.02. The fourth-order valence-corrected chi connectivity index (χ4v) is 1.76. The number of carboxylic acids is 1. The monoisotopic (exact) mass is 246 g/mol. The lowest BCUT2D eigenvalue weighted by molar-refractivity contribution is -0.136. The van der Waals surface area contributed by atoms with Crippen LogP contribution in [0.3, 0.4) is 0 Å². The van der Waals surface area contributed by atoms with E-state index in [-0.39, 0.29) is 13.0 Å². The van der Waals surface area contributed by atoms with Gasteiger partial charge in [-0.15, -0.1) is 11.3 Å². The predicted molar refractivity (Wildman–Crippen MR) is 59.8 cm³/mol. The summed E-state index contributed by atoms with van der Waals surface area (Å²) in [5.41, 5.74) is 0.552. The summed E-state index contributed by atoms with van der Waals surface area (Å²) in [6.45, 7) is 1.40. The van der Waals surface area contributed by atoms with Gasteiger partial charge in [0.2, 0.25) is 0 Å². The SMILES string of the molecule is O=C(O)Cc1csc(NCCOCCO)n1. The summed E-state index contributed by atoms with van der Waals surface area (Å²) in [5, 5.41) is 22.4. The van der Waals surface area contributed by atoms with E-state index in [4.69, 9.17) is 14.9 Å². The summed E-state index contributed by atoms with van der Waals surface area (Å²) in [4.78, 5) is 14.5. The number of nitrogens with zero attached hydrogens (tertiary/aromatic N) is 1.